The van der Waals surface area contributed by atoms with Crippen LogP contribution in [0, 0.1) is 17.3 Å². The summed E-state index contributed by atoms with van der Waals surface area (Å²) < 4.78 is 5.09. The Labute approximate surface area is 79.1 Å². The molecular formula is C10H18O3. The van der Waals surface area contributed by atoms with E-state index in [1.54, 1.807) is 0 Å². The first kappa shape index (κ1) is 10.5. The SMILES string of the molecule is CC(C)OC(=O)C1C(CO)C1(C)C. The molecule has 0 heterocycles. The van der Waals surface area contributed by atoms with Gasteiger partial charge in [0, 0.05) is 12.5 Å². The molecule has 1 saturated carbocycles. The van der Waals surface area contributed by atoms with E-state index in [9.17, 15) is 4.79 Å². The first-order chi connectivity index (χ1) is 5.91. The molecule has 1 aliphatic rings. The second kappa shape index (κ2) is 3.29. The van der Waals surface area contributed by atoms with Crippen LogP contribution in [0.5, 0.6) is 0 Å². The van der Waals surface area contributed by atoms with Crippen molar-refractivity contribution in [3.05, 3.63) is 0 Å². The Kier molecular flexibility index (Phi) is 2.66. The zero-order valence-corrected chi connectivity index (χ0v) is 8.70. The van der Waals surface area contributed by atoms with Gasteiger partial charge in [-0.15, -0.1) is 0 Å². The Balaban J connectivity index is 2.52. The first-order valence-corrected chi connectivity index (χ1v) is 4.72. The van der Waals surface area contributed by atoms with Crippen LogP contribution < -0.4 is 0 Å². The van der Waals surface area contributed by atoms with Gasteiger partial charge in [0.1, 0.15) is 0 Å². The van der Waals surface area contributed by atoms with Crippen molar-refractivity contribution in [1.29, 1.82) is 0 Å². The predicted molar refractivity (Wildman–Crippen MR) is 49.1 cm³/mol. The third kappa shape index (κ3) is 1.85. The third-order valence-corrected chi connectivity index (χ3v) is 2.85. The van der Waals surface area contributed by atoms with Crippen LogP contribution in [0.2, 0.25) is 0 Å². The first-order valence-electron chi connectivity index (χ1n) is 4.72. The van der Waals surface area contributed by atoms with E-state index in [1.165, 1.54) is 0 Å². The second-order valence-electron chi connectivity index (χ2n) is 4.57. The Morgan fingerprint density at radius 1 is 1.54 bits per heavy atom. The van der Waals surface area contributed by atoms with Gasteiger partial charge >= 0.3 is 5.97 Å². The third-order valence-electron chi connectivity index (χ3n) is 2.85. The number of hydrogen-bond acceptors (Lipinski definition) is 3. The smallest absolute Gasteiger partial charge is 0.310 e. The summed E-state index contributed by atoms with van der Waals surface area (Å²) in [6.07, 6.45) is -0.0664. The largest absolute Gasteiger partial charge is 0.463 e. The topological polar surface area (TPSA) is 46.5 Å². The average molecular weight is 186 g/mol. The number of rotatable bonds is 3. The summed E-state index contributed by atoms with van der Waals surface area (Å²) in [6, 6.07) is 0. The van der Waals surface area contributed by atoms with Crippen molar-refractivity contribution < 1.29 is 14.6 Å². The van der Waals surface area contributed by atoms with Gasteiger partial charge in [-0.3, -0.25) is 4.79 Å². The zero-order chi connectivity index (χ0) is 10.2. The molecule has 1 aliphatic carbocycles. The highest BCUT2D eigenvalue weighted by Gasteiger charge is 2.62. The van der Waals surface area contributed by atoms with Crippen LogP contribution in [-0.4, -0.2) is 23.8 Å². The number of carbonyl (C=O) groups excluding carboxylic acids is 1. The Hall–Kier alpha value is -0.570. The summed E-state index contributed by atoms with van der Waals surface area (Å²) in [6.45, 7) is 7.72. The molecule has 0 amide bonds. The van der Waals surface area contributed by atoms with E-state index in [1.807, 2.05) is 27.7 Å². The van der Waals surface area contributed by atoms with Gasteiger partial charge in [0.05, 0.1) is 12.0 Å². The number of aliphatic hydroxyl groups excluding tert-OH is 1. The van der Waals surface area contributed by atoms with E-state index in [0.29, 0.717) is 0 Å². The average Bonchev–Trinajstić information content (AvgIpc) is 2.51. The molecule has 13 heavy (non-hydrogen) atoms. The highest BCUT2D eigenvalue weighted by Crippen LogP contribution is 2.58. The lowest BCUT2D eigenvalue weighted by molar-refractivity contribution is -0.150. The van der Waals surface area contributed by atoms with Gasteiger partial charge < -0.3 is 9.84 Å². The molecule has 0 bridgehead atoms. The summed E-state index contributed by atoms with van der Waals surface area (Å²) in [5.41, 5.74) is -0.0826. The Morgan fingerprint density at radius 2 is 2.08 bits per heavy atom. The highest BCUT2D eigenvalue weighted by molar-refractivity contribution is 5.77. The minimum Gasteiger partial charge on any atom is -0.463 e. The molecule has 3 nitrogen and oxygen atoms in total. The molecule has 1 N–H and O–H groups in total. The van der Waals surface area contributed by atoms with E-state index >= 15 is 0 Å². The van der Waals surface area contributed by atoms with Crippen molar-refractivity contribution in [3.63, 3.8) is 0 Å². The minimum atomic E-state index is -0.168. The lowest BCUT2D eigenvalue weighted by Crippen LogP contribution is -2.15. The van der Waals surface area contributed by atoms with Crippen LogP contribution >= 0.6 is 0 Å². The molecule has 0 aromatic rings. The lowest BCUT2D eigenvalue weighted by Gasteiger charge is -2.08. The van der Waals surface area contributed by atoms with Crippen LogP contribution in [0.15, 0.2) is 0 Å². The van der Waals surface area contributed by atoms with Gasteiger partial charge in [-0.05, 0) is 19.3 Å². The minimum absolute atomic E-state index is 0.0664. The van der Waals surface area contributed by atoms with Crippen molar-refractivity contribution in [2.24, 2.45) is 17.3 Å². The van der Waals surface area contributed by atoms with Crippen molar-refractivity contribution in [1.82, 2.24) is 0 Å². The summed E-state index contributed by atoms with van der Waals surface area (Å²) in [7, 11) is 0. The Morgan fingerprint density at radius 3 is 2.38 bits per heavy atom. The summed E-state index contributed by atoms with van der Waals surface area (Å²) in [5, 5.41) is 8.99. The van der Waals surface area contributed by atoms with E-state index in [2.05, 4.69) is 0 Å². The maximum absolute atomic E-state index is 11.5. The molecule has 0 aromatic heterocycles. The number of esters is 1. The molecule has 1 rings (SSSR count). The molecule has 2 atom stereocenters. The van der Waals surface area contributed by atoms with Gasteiger partial charge in [-0.25, -0.2) is 0 Å². The molecular weight excluding hydrogens is 168 g/mol. The van der Waals surface area contributed by atoms with E-state index in [0.717, 1.165) is 0 Å². The van der Waals surface area contributed by atoms with Crippen molar-refractivity contribution in [3.8, 4) is 0 Å². The van der Waals surface area contributed by atoms with Crippen molar-refractivity contribution >= 4 is 5.97 Å². The second-order valence-corrected chi connectivity index (χ2v) is 4.57. The van der Waals surface area contributed by atoms with Gasteiger partial charge in [0.2, 0.25) is 0 Å². The number of hydrogen-bond donors (Lipinski definition) is 1. The number of carbonyl (C=O) groups is 1. The molecule has 0 aromatic carbocycles. The monoisotopic (exact) mass is 186 g/mol. The molecule has 0 saturated heterocycles. The molecule has 0 spiro atoms. The van der Waals surface area contributed by atoms with Crippen LogP contribution in [-0.2, 0) is 9.53 Å². The van der Waals surface area contributed by atoms with E-state index in [4.69, 9.17) is 9.84 Å². The highest BCUT2D eigenvalue weighted by atomic mass is 16.5. The fraction of sp³-hybridized carbons (Fsp3) is 0.900. The number of aliphatic hydroxyl groups is 1. The maximum atomic E-state index is 11.5. The molecule has 1 fully saturated rings. The fourth-order valence-electron chi connectivity index (χ4n) is 1.86. The predicted octanol–water partition coefficient (Wildman–Crippen LogP) is 1.20. The summed E-state index contributed by atoms with van der Waals surface area (Å²) in [4.78, 5) is 11.5. The zero-order valence-electron chi connectivity index (χ0n) is 8.70. The Bertz CT molecular complexity index is 208. The molecule has 0 aliphatic heterocycles. The van der Waals surface area contributed by atoms with Gasteiger partial charge in [-0.2, -0.15) is 0 Å². The van der Waals surface area contributed by atoms with Gasteiger partial charge in [-0.1, -0.05) is 13.8 Å². The molecule has 0 radical (unpaired) electrons. The molecule has 76 valence electrons. The van der Waals surface area contributed by atoms with Crippen LogP contribution in [0.4, 0.5) is 0 Å². The lowest BCUT2D eigenvalue weighted by atomic mass is 10.1. The van der Waals surface area contributed by atoms with Crippen LogP contribution in [0.1, 0.15) is 27.7 Å². The van der Waals surface area contributed by atoms with Crippen LogP contribution in [0.3, 0.4) is 0 Å². The standard InChI is InChI=1S/C10H18O3/c1-6(2)13-9(12)8-7(5-11)10(8,3)4/h6-8,11H,5H2,1-4H3. The summed E-state index contributed by atoms with van der Waals surface area (Å²) >= 11 is 0. The van der Waals surface area contributed by atoms with Crippen LogP contribution in [0.25, 0.3) is 0 Å². The normalized spacial score (nSPS) is 30.3. The van der Waals surface area contributed by atoms with E-state index < -0.39 is 0 Å². The van der Waals surface area contributed by atoms with Crippen molar-refractivity contribution in [2.75, 3.05) is 6.61 Å². The quantitative estimate of drug-likeness (QED) is 0.674. The van der Waals surface area contributed by atoms with E-state index in [-0.39, 0.29) is 35.9 Å². The maximum Gasteiger partial charge on any atom is 0.310 e. The summed E-state index contributed by atoms with van der Waals surface area (Å²) in [5.74, 6) is -0.197. The fourth-order valence-corrected chi connectivity index (χ4v) is 1.86. The van der Waals surface area contributed by atoms with Crippen molar-refractivity contribution in [2.45, 2.75) is 33.8 Å². The number of ether oxygens (including phenoxy) is 1. The van der Waals surface area contributed by atoms with Gasteiger partial charge in [0.25, 0.3) is 0 Å². The molecule has 2 unspecified atom stereocenters. The van der Waals surface area contributed by atoms with Gasteiger partial charge in [0.15, 0.2) is 0 Å². The molecule has 3 heteroatoms.